The predicted molar refractivity (Wildman–Crippen MR) is 132 cm³/mol. The molecular weight excluding hydrogens is 471 g/mol. The van der Waals surface area contributed by atoms with Crippen LogP contribution in [0.1, 0.15) is 38.1 Å². The van der Waals surface area contributed by atoms with Gasteiger partial charge in [-0.1, -0.05) is 11.8 Å². The zero-order chi connectivity index (χ0) is 24.9. The van der Waals surface area contributed by atoms with Gasteiger partial charge in [0.2, 0.25) is 17.8 Å². The first-order valence-corrected chi connectivity index (χ1v) is 12.2. The van der Waals surface area contributed by atoms with E-state index in [9.17, 15) is 9.18 Å². The largest absolute Gasteiger partial charge is 0.355 e. The van der Waals surface area contributed by atoms with Crippen molar-refractivity contribution in [2.24, 2.45) is 0 Å². The second-order valence-corrected chi connectivity index (χ2v) is 8.64. The van der Waals surface area contributed by atoms with Crippen molar-refractivity contribution in [1.82, 2.24) is 39.7 Å². The van der Waals surface area contributed by atoms with Crippen LogP contribution in [0, 0.1) is 12.7 Å². The summed E-state index contributed by atoms with van der Waals surface area (Å²) in [5.41, 5.74) is 2.49. The highest BCUT2D eigenvalue weighted by Gasteiger charge is 2.19. The first-order chi connectivity index (χ1) is 16.9. The molecule has 0 aliphatic carbocycles. The van der Waals surface area contributed by atoms with Crippen molar-refractivity contribution in [3.05, 3.63) is 47.5 Å². The highest BCUT2D eigenvalue weighted by atomic mass is 32.2. The Bertz CT molecular complexity index is 1320. The molecule has 11 nitrogen and oxygen atoms in total. The number of halogens is 1. The van der Waals surface area contributed by atoms with E-state index in [0.717, 1.165) is 16.9 Å². The van der Waals surface area contributed by atoms with E-state index in [4.69, 9.17) is 0 Å². The van der Waals surface area contributed by atoms with Crippen LogP contribution in [0.25, 0.3) is 11.5 Å². The summed E-state index contributed by atoms with van der Waals surface area (Å²) in [5, 5.41) is 22.5. The number of anilines is 2. The molecule has 0 radical (unpaired) electrons. The smallest absolute Gasteiger partial charge is 0.261 e. The number of rotatable bonds is 10. The van der Waals surface area contributed by atoms with Crippen molar-refractivity contribution in [1.29, 1.82) is 0 Å². The summed E-state index contributed by atoms with van der Waals surface area (Å²) in [5.74, 6) is 1.08. The fraction of sp³-hybridized carbons (Fsp3) is 0.364. The van der Waals surface area contributed by atoms with Gasteiger partial charge in [0.15, 0.2) is 5.16 Å². The van der Waals surface area contributed by atoms with Crippen molar-refractivity contribution < 1.29 is 9.18 Å². The second kappa shape index (κ2) is 10.7. The van der Waals surface area contributed by atoms with E-state index >= 15 is 0 Å². The fourth-order valence-corrected chi connectivity index (χ4v) is 4.32. The first kappa shape index (κ1) is 24.4. The first-order valence-electron chi connectivity index (χ1n) is 11.2. The van der Waals surface area contributed by atoms with Gasteiger partial charge in [-0.3, -0.25) is 4.79 Å². The third-order valence-electron chi connectivity index (χ3n) is 5.21. The molecule has 3 N–H and O–H groups in total. The molecule has 1 unspecified atom stereocenters. The average Bonchev–Trinajstić information content (AvgIpc) is 3.42. The Labute approximate surface area is 206 Å². The molecule has 1 aromatic carbocycles. The number of nitrogens with zero attached hydrogens (tertiary/aromatic N) is 7. The zero-order valence-electron chi connectivity index (χ0n) is 19.9. The van der Waals surface area contributed by atoms with Crippen molar-refractivity contribution in [2.75, 3.05) is 29.5 Å². The van der Waals surface area contributed by atoms with Crippen LogP contribution in [0.2, 0.25) is 0 Å². The van der Waals surface area contributed by atoms with E-state index in [-0.39, 0.29) is 23.5 Å². The van der Waals surface area contributed by atoms with Crippen LogP contribution in [0.3, 0.4) is 0 Å². The number of benzene rings is 1. The lowest BCUT2D eigenvalue weighted by Gasteiger charge is -2.14. The monoisotopic (exact) mass is 498 g/mol. The van der Waals surface area contributed by atoms with E-state index in [1.165, 1.54) is 23.9 Å². The van der Waals surface area contributed by atoms with Crippen LogP contribution in [0.4, 0.5) is 16.3 Å². The number of fused-ring (bicyclic) bond motifs is 1. The molecule has 13 heteroatoms. The number of carbonyl (C=O) groups excluding carboxylic acids is 1. The van der Waals surface area contributed by atoms with Crippen LogP contribution >= 0.6 is 11.8 Å². The lowest BCUT2D eigenvalue weighted by atomic mass is 10.1. The van der Waals surface area contributed by atoms with Gasteiger partial charge in [-0.2, -0.15) is 15.1 Å². The van der Waals surface area contributed by atoms with Crippen LogP contribution in [0.5, 0.6) is 0 Å². The molecule has 0 spiro atoms. The number of carbonyl (C=O) groups is 1. The zero-order valence-corrected chi connectivity index (χ0v) is 20.7. The quantitative estimate of drug-likeness (QED) is 0.283. The molecule has 0 aliphatic heterocycles. The lowest BCUT2D eigenvalue weighted by Crippen LogP contribution is -2.28. The molecule has 35 heavy (non-hydrogen) atoms. The van der Waals surface area contributed by atoms with Crippen molar-refractivity contribution in [2.45, 2.75) is 38.9 Å². The molecule has 0 aliphatic rings. The molecular formula is C22H27FN10OS. The highest BCUT2D eigenvalue weighted by Crippen LogP contribution is 2.23. The van der Waals surface area contributed by atoms with Crippen molar-refractivity contribution in [3.63, 3.8) is 0 Å². The Morgan fingerprint density at radius 2 is 1.86 bits per heavy atom. The number of thioether (sulfide) groups is 1. The third kappa shape index (κ3) is 5.34. The van der Waals surface area contributed by atoms with Crippen molar-refractivity contribution >= 4 is 35.3 Å². The van der Waals surface area contributed by atoms with E-state index in [1.807, 2.05) is 27.7 Å². The number of nitrogens with one attached hydrogen (secondary N) is 3. The molecule has 0 bridgehead atoms. The van der Waals surface area contributed by atoms with Gasteiger partial charge in [-0.15, -0.1) is 10.2 Å². The minimum absolute atomic E-state index is 0.136. The topological polar surface area (TPSA) is 127 Å². The molecule has 1 amide bonds. The minimum atomic E-state index is -0.306. The highest BCUT2D eigenvalue weighted by molar-refractivity contribution is 7.99. The standard InChI is InChI=1S/C22H27FN10OS/c1-5-24-19-28-20(25-6-2)32-21(29-19)30-31-22(32)35-12-18(34)27-13(3)17-11-26-33(14(17)4)16-9-7-15(23)8-10-16/h7-11,13H,5-6,12H2,1-4H3,(H,27,34)(H2,24,25,28,29,30). The summed E-state index contributed by atoms with van der Waals surface area (Å²) in [7, 11) is 0. The Morgan fingerprint density at radius 3 is 2.57 bits per heavy atom. The molecule has 1 atom stereocenters. The molecule has 3 heterocycles. The van der Waals surface area contributed by atoms with Gasteiger partial charge in [0, 0.05) is 24.3 Å². The normalized spacial score (nSPS) is 12.0. The number of hydrogen-bond donors (Lipinski definition) is 3. The molecule has 0 saturated heterocycles. The number of aromatic nitrogens is 7. The van der Waals surface area contributed by atoms with E-state index in [0.29, 0.717) is 35.9 Å². The lowest BCUT2D eigenvalue weighted by molar-refractivity contribution is -0.119. The SMILES string of the molecule is CCNc1nc(NCC)n2c(SCC(=O)NC(C)c3cnn(-c4ccc(F)cc4)c3C)nnc2n1. The minimum Gasteiger partial charge on any atom is -0.355 e. The molecule has 4 aromatic rings. The van der Waals surface area contributed by atoms with Gasteiger partial charge in [0.25, 0.3) is 5.78 Å². The molecule has 184 valence electrons. The van der Waals surface area contributed by atoms with Crippen LogP contribution < -0.4 is 16.0 Å². The van der Waals surface area contributed by atoms with Gasteiger partial charge in [0.1, 0.15) is 5.82 Å². The molecule has 0 saturated carbocycles. The molecule has 3 aromatic heterocycles. The van der Waals surface area contributed by atoms with E-state index in [1.54, 1.807) is 27.4 Å². The van der Waals surface area contributed by atoms with Crippen molar-refractivity contribution in [3.8, 4) is 5.69 Å². The summed E-state index contributed by atoms with van der Waals surface area (Å²) in [6.45, 7) is 9.07. The Morgan fingerprint density at radius 1 is 1.11 bits per heavy atom. The van der Waals surface area contributed by atoms with Crippen LogP contribution in [-0.2, 0) is 4.79 Å². The summed E-state index contributed by atoms with van der Waals surface area (Å²) in [6.07, 6.45) is 1.71. The van der Waals surface area contributed by atoms with Crippen LogP contribution in [-0.4, -0.2) is 59.1 Å². The molecule has 0 fully saturated rings. The van der Waals surface area contributed by atoms with Gasteiger partial charge >= 0.3 is 0 Å². The van der Waals surface area contributed by atoms with E-state index < -0.39 is 0 Å². The van der Waals surface area contributed by atoms with Gasteiger partial charge in [-0.25, -0.2) is 13.5 Å². The van der Waals surface area contributed by atoms with Gasteiger partial charge in [0.05, 0.1) is 23.7 Å². The Kier molecular flexibility index (Phi) is 7.44. The Balaban J connectivity index is 1.44. The summed E-state index contributed by atoms with van der Waals surface area (Å²) in [4.78, 5) is 21.6. The summed E-state index contributed by atoms with van der Waals surface area (Å²) < 4.78 is 16.7. The Hall–Kier alpha value is -3.74. The van der Waals surface area contributed by atoms with E-state index in [2.05, 4.69) is 41.2 Å². The van der Waals surface area contributed by atoms with Gasteiger partial charge in [-0.05, 0) is 52.0 Å². The number of hydrogen-bond acceptors (Lipinski definition) is 9. The maximum Gasteiger partial charge on any atom is 0.261 e. The molecule has 4 rings (SSSR count). The third-order valence-corrected chi connectivity index (χ3v) is 6.14. The fourth-order valence-electron chi connectivity index (χ4n) is 3.58. The maximum atomic E-state index is 13.2. The van der Waals surface area contributed by atoms with Crippen LogP contribution in [0.15, 0.2) is 35.6 Å². The maximum absolute atomic E-state index is 13.2. The van der Waals surface area contributed by atoms with Gasteiger partial charge < -0.3 is 16.0 Å². The predicted octanol–water partition coefficient (Wildman–Crippen LogP) is 2.99. The summed E-state index contributed by atoms with van der Waals surface area (Å²) in [6, 6.07) is 5.83. The summed E-state index contributed by atoms with van der Waals surface area (Å²) >= 11 is 1.25. The average molecular weight is 499 g/mol. The second-order valence-electron chi connectivity index (χ2n) is 7.70. The number of amides is 1.